The highest BCUT2D eigenvalue weighted by atomic mass is 16.1. The van der Waals surface area contributed by atoms with E-state index in [1.165, 1.54) is 22.3 Å². The molecule has 1 aliphatic carbocycles. The van der Waals surface area contributed by atoms with E-state index in [0.29, 0.717) is 0 Å². The highest BCUT2D eigenvalue weighted by Gasteiger charge is 2.20. The molecule has 128 valence electrons. The SMILES string of the molecule is Cc1ccc(/C=C2\CCC/C(=C\c3ccc(C)cc3C)C2=O)c(C)c1. The summed E-state index contributed by atoms with van der Waals surface area (Å²) in [5, 5.41) is 0. The summed E-state index contributed by atoms with van der Waals surface area (Å²) >= 11 is 0. The second kappa shape index (κ2) is 7.23. The van der Waals surface area contributed by atoms with Gasteiger partial charge in [0.05, 0.1) is 0 Å². The molecular weight excluding hydrogens is 304 g/mol. The van der Waals surface area contributed by atoms with Crippen molar-refractivity contribution < 1.29 is 4.79 Å². The number of hydrogen-bond acceptors (Lipinski definition) is 1. The molecule has 0 radical (unpaired) electrons. The second-order valence-electron chi connectivity index (χ2n) is 7.24. The third-order valence-electron chi connectivity index (χ3n) is 4.99. The third-order valence-corrected chi connectivity index (χ3v) is 4.99. The molecule has 0 N–H and O–H groups in total. The van der Waals surface area contributed by atoms with E-state index < -0.39 is 0 Å². The molecule has 0 spiro atoms. The van der Waals surface area contributed by atoms with Gasteiger partial charge < -0.3 is 0 Å². The number of ketones is 1. The van der Waals surface area contributed by atoms with Gasteiger partial charge in [0.15, 0.2) is 5.78 Å². The zero-order chi connectivity index (χ0) is 18.0. The summed E-state index contributed by atoms with van der Waals surface area (Å²) in [6.45, 7) is 8.42. The Balaban J connectivity index is 1.93. The van der Waals surface area contributed by atoms with Crippen molar-refractivity contribution in [2.24, 2.45) is 0 Å². The molecule has 1 aliphatic rings. The molecule has 25 heavy (non-hydrogen) atoms. The monoisotopic (exact) mass is 330 g/mol. The Morgan fingerprint density at radius 2 is 1.16 bits per heavy atom. The third kappa shape index (κ3) is 3.99. The lowest BCUT2D eigenvalue weighted by Crippen LogP contribution is -2.12. The number of allylic oxidation sites excluding steroid dienone is 2. The van der Waals surface area contributed by atoms with Crippen molar-refractivity contribution in [3.8, 4) is 0 Å². The van der Waals surface area contributed by atoms with Gasteiger partial charge in [0.25, 0.3) is 0 Å². The summed E-state index contributed by atoms with van der Waals surface area (Å²) in [4.78, 5) is 13.0. The molecular formula is C24H26O. The molecule has 3 rings (SSSR count). The van der Waals surface area contributed by atoms with Crippen molar-refractivity contribution in [2.75, 3.05) is 0 Å². The number of hydrogen-bond donors (Lipinski definition) is 0. The lowest BCUT2D eigenvalue weighted by Gasteiger charge is -2.17. The molecule has 0 atom stereocenters. The fourth-order valence-corrected chi connectivity index (χ4v) is 3.53. The minimum atomic E-state index is 0.214. The first-order chi connectivity index (χ1) is 11.9. The van der Waals surface area contributed by atoms with Crippen LogP contribution in [0.25, 0.3) is 12.2 Å². The van der Waals surface area contributed by atoms with Crippen LogP contribution in [0.15, 0.2) is 47.5 Å². The van der Waals surface area contributed by atoms with Crippen molar-refractivity contribution in [1.82, 2.24) is 0 Å². The van der Waals surface area contributed by atoms with E-state index in [-0.39, 0.29) is 5.78 Å². The van der Waals surface area contributed by atoms with E-state index in [9.17, 15) is 4.79 Å². The van der Waals surface area contributed by atoms with Crippen molar-refractivity contribution in [3.63, 3.8) is 0 Å². The fourth-order valence-electron chi connectivity index (χ4n) is 3.53. The molecule has 0 aliphatic heterocycles. The molecule has 1 fully saturated rings. The summed E-state index contributed by atoms with van der Waals surface area (Å²) < 4.78 is 0. The van der Waals surface area contributed by atoms with Gasteiger partial charge in [-0.25, -0.2) is 0 Å². The number of rotatable bonds is 2. The maximum atomic E-state index is 13.0. The standard InChI is InChI=1S/C24H26O/c1-16-8-10-20(18(3)12-16)14-22-6-5-7-23(24(22)25)15-21-11-9-17(2)13-19(21)4/h8-15H,5-7H2,1-4H3/b22-14+,23-15+. The highest BCUT2D eigenvalue weighted by molar-refractivity contribution is 6.14. The Hall–Kier alpha value is -2.41. The average Bonchev–Trinajstić information content (AvgIpc) is 2.56. The van der Waals surface area contributed by atoms with Crippen molar-refractivity contribution in [2.45, 2.75) is 47.0 Å². The molecule has 1 heteroatoms. The Kier molecular flexibility index (Phi) is 5.03. The number of aryl methyl sites for hydroxylation is 4. The molecule has 2 aromatic rings. The van der Waals surface area contributed by atoms with E-state index >= 15 is 0 Å². The maximum Gasteiger partial charge on any atom is 0.185 e. The summed E-state index contributed by atoms with van der Waals surface area (Å²) in [5.74, 6) is 0.214. The molecule has 0 amide bonds. The Morgan fingerprint density at radius 1 is 0.720 bits per heavy atom. The number of Topliss-reactive ketones (excluding diaryl/α,β-unsaturated/α-hetero) is 1. The van der Waals surface area contributed by atoms with Crippen LogP contribution in [0.2, 0.25) is 0 Å². The molecule has 2 aromatic carbocycles. The van der Waals surface area contributed by atoms with Gasteiger partial charge in [-0.1, -0.05) is 47.5 Å². The predicted octanol–water partition coefficient (Wildman–Crippen LogP) is 6.14. The predicted molar refractivity (Wildman–Crippen MR) is 107 cm³/mol. The van der Waals surface area contributed by atoms with Crippen molar-refractivity contribution in [3.05, 3.63) is 80.9 Å². The first kappa shape index (κ1) is 17.4. The van der Waals surface area contributed by atoms with Crippen LogP contribution in [0.4, 0.5) is 0 Å². The smallest absolute Gasteiger partial charge is 0.185 e. The van der Waals surface area contributed by atoms with Crippen LogP contribution in [-0.4, -0.2) is 5.78 Å². The van der Waals surface area contributed by atoms with Crippen LogP contribution in [0.3, 0.4) is 0 Å². The zero-order valence-electron chi connectivity index (χ0n) is 15.6. The molecule has 0 aromatic heterocycles. The van der Waals surface area contributed by atoms with Crippen LogP contribution in [0.5, 0.6) is 0 Å². The lowest BCUT2D eigenvalue weighted by molar-refractivity contribution is -0.112. The summed E-state index contributed by atoms with van der Waals surface area (Å²) in [6.07, 6.45) is 6.96. The van der Waals surface area contributed by atoms with Gasteiger partial charge in [0, 0.05) is 11.1 Å². The first-order valence-corrected chi connectivity index (χ1v) is 9.04. The van der Waals surface area contributed by atoms with Crippen molar-refractivity contribution in [1.29, 1.82) is 0 Å². The number of carbonyl (C=O) groups excluding carboxylic acids is 1. The average molecular weight is 330 g/mol. The number of benzene rings is 2. The Morgan fingerprint density at radius 3 is 1.56 bits per heavy atom. The van der Waals surface area contributed by atoms with E-state index in [1.54, 1.807) is 0 Å². The van der Waals surface area contributed by atoms with Crippen LogP contribution >= 0.6 is 0 Å². The van der Waals surface area contributed by atoms with Gasteiger partial charge in [-0.15, -0.1) is 0 Å². The topological polar surface area (TPSA) is 17.1 Å². The number of carbonyl (C=O) groups is 1. The second-order valence-corrected chi connectivity index (χ2v) is 7.24. The van der Waals surface area contributed by atoms with Crippen LogP contribution < -0.4 is 0 Å². The summed E-state index contributed by atoms with van der Waals surface area (Å²) in [7, 11) is 0. The van der Waals surface area contributed by atoms with Gasteiger partial charge in [-0.3, -0.25) is 4.79 Å². The molecule has 0 bridgehead atoms. The van der Waals surface area contributed by atoms with Gasteiger partial charge in [-0.2, -0.15) is 0 Å². The van der Waals surface area contributed by atoms with Crippen LogP contribution in [-0.2, 0) is 4.79 Å². The molecule has 1 saturated carbocycles. The van der Waals surface area contributed by atoms with Gasteiger partial charge >= 0.3 is 0 Å². The zero-order valence-corrected chi connectivity index (χ0v) is 15.6. The van der Waals surface area contributed by atoms with Gasteiger partial charge in [0.2, 0.25) is 0 Å². The quantitative estimate of drug-likeness (QED) is 0.604. The van der Waals surface area contributed by atoms with E-state index in [4.69, 9.17) is 0 Å². The van der Waals surface area contributed by atoms with E-state index in [2.05, 4.69) is 76.2 Å². The lowest BCUT2D eigenvalue weighted by atomic mass is 9.86. The molecule has 1 nitrogen and oxygen atoms in total. The largest absolute Gasteiger partial charge is 0.289 e. The maximum absolute atomic E-state index is 13.0. The van der Waals surface area contributed by atoms with Crippen molar-refractivity contribution >= 4 is 17.9 Å². The minimum absolute atomic E-state index is 0.214. The summed E-state index contributed by atoms with van der Waals surface area (Å²) in [5.41, 5.74) is 9.15. The van der Waals surface area contributed by atoms with Crippen LogP contribution in [0, 0.1) is 27.7 Å². The highest BCUT2D eigenvalue weighted by Crippen LogP contribution is 2.29. The Bertz CT molecular complexity index is 809. The molecule has 0 unspecified atom stereocenters. The van der Waals surface area contributed by atoms with Crippen LogP contribution in [0.1, 0.15) is 52.6 Å². The Labute approximate surface area is 151 Å². The van der Waals surface area contributed by atoms with E-state index in [1.807, 2.05) is 0 Å². The molecule has 0 saturated heterocycles. The normalized spacial score (nSPS) is 18.2. The fraction of sp³-hybridized carbons (Fsp3) is 0.292. The van der Waals surface area contributed by atoms with Gasteiger partial charge in [0.1, 0.15) is 0 Å². The minimum Gasteiger partial charge on any atom is -0.289 e. The summed E-state index contributed by atoms with van der Waals surface area (Å²) in [6, 6.07) is 12.8. The first-order valence-electron chi connectivity index (χ1n) is 9.04. The van der Waals surface area contributed by atoms with Gasteiger partial charge in [-0.05, 0) is 81.4 Å². The van der Waals surface area contributed by atoms with E-state index in [0.717, 1.165) is 41.5 Å². The molecule has 0 heterocycles.